The smallest absolute Gasteiger partial charge is 0.228 e. The lowest BCUT2D eigenvalue weighted by atomic mass is 10.1. The minimum atomic E-state index is -0.883. The van der Waals surface area contributed by atoms with Crippen molar-refractivity contribution in [3.8, 4) is 16.9 Å². The van der Waals surface area contributed by atoms with Crippen LogP contribution in [0.2, 0.25) is 0 Å². The molecule has 29 heavy (non-hydrogen) atoms. The summed E-state index contributed by atoms with van der Waals surface area (Å²) in [6.07, 6.45) is 1.59. The summed E-state index contributed by atoms with van der Waals surface area (Å²) < 4.78 is 36.7. The summed E-state index contributed by atoms with van der Waals surface area (Å²) in [5, 5.41) is 10.9. The molecule has 1 saturated heterocycles. The Balaban J connectivity index is 1.54. The molecule has 0 saturated carbocycles. The molecule has 2 aromatic heterocycles. The predicted octanol–water partition coefficient (Wildman–Crippen LogP) is 3.56. The zero-order valence-electron chi connectivity index (χ0n) is 15.5. The molecular formula is C20H19F2N5O2. The fourth-order valence-corrected chi connectivity index (χ4v) is 3.00. The first-order valence-corrected chi connectivity index (χ1v) is 9.11. The molecule has 7 nitrogen and oxygen atoms in total. The molecule has 0 spiro atoms. The van der Waals surface area contributed by atoms with Crippen LogP contribution in [0.25, 0.3) is 11.1 Å². The SMILES string of the molecule is FCOc1ccc(-c2cnnc(Nc3nc(N4CCOCC4)ccc3F)c2)cc1. The lowest BCUT2D eigenvalue weighted by Gasteiger charge is -2.28. The normalized spacial score (nSPS) is 13.9. The highest BCUT2D eigenvalue weighted by Crippen LogP contribution is 2.26. The minimum Gasteiger partial charge on any atom is -0.463 e. The molecule has 0 bridgehead atoms. The Morgan fingerprint density at radius 1 is 1.07 bits per heavy atom. The second-order valence-corrected chi connectivity index (χ2v) is 6.33. The molecule has 1 fully saturated rings. The Hall–Kier alpha value is -3.33. The first kappa shape index (κ1) is 19.0. The second-order valence-electron chi connectivity index (χ2n) is 6.33. The van der Waals surface area contributed by atoms with Crippen molar-refractivity contribution in [2.45, 2.75) is 0 Å². The molecule has 4 rings (SSSR count). The van der Waals surface area contributed by atoms with E-state index in [1.165, 1.54) is 6.07 Å². The zero-order chi connectivity index (χ0) is 20.1. The van der Waals surface area contributed by atoms with Crippen LogP contribution in [0, 0.1) is 5.82 Å². The van der Waals surface area contributed by atoms with Crippen LogP contribution in [0.3, 0.4) is 0 Å². The average Bonchev–Trinajstić information content (AvgIpc) is 2.77. The largest absolute Gasteiger partial charge is 0.463 e. The van der Waals surface area contributed by atoms with E-state index in [2.05, 4.69) is 20.5 Å². The van der Waals surface area contributed by atoms with E-state index in [0.717, 1.165) is 11.1 Å². The number of alkyl halides is 1. The average molecular weight is 399 g/mol. The van der Waals surface area contributed by atoms with Crippen LogP contribution in [-0.4, -0.2) is 48.3 Å². The number of morpholine rings is 1. The summed E-state index contributed by atoms with van der Waals surface area (Å²) in [6, 6.07) is 11.6. The van der Waals surface area contributed by atoms with Gasteiger partial charge in [0.1, 0.15) is 11.6 Å². The lowest BCUT2D eigenvalue weighted by molar-refractivity contribution is 0.122. The van der Waals surface area contributed by atoms with Gasteiger partial charge in [0.15, 0.2) is 17.5 Å². The summed E-state index contributed by atoms with van der Waals surface area (Å²) in [7, 11) is 0. The molecule has 0 aliphatic carbocycles. The number of anilines is 3. The fourth-order valence-electron chi connectivity index (χ4n) is 3.00. The number of aromatic nitrogens is 3. The van der Waals surface area contributed by atoms with Crippen molar-refractivity contribution in [3.05, 3.63) is 54.5 Å². The van der Waals surface area contributed by atoms with Crippen molar-refractivity contribution in [1.82, 2.24) is 15.2 Å². The van der Waals surface area contributed by atoms with E-state index < -0.39 is 12.7 Å². The Morgan fingerprint density at radius 2 is 1.86 bits per heavy atom. The van der Waals surface area contributed by atoms with Crippen LogP contribution in [-0.2, 0) is 4.74 Å². The van der Waals surface area contributed by atoms with E-state index in [-0.39, 0.29) is 5.82 Å². The molecule has 0 radical (unpaired) electrons. The topological polar surface area (TPSA) is 72.4 Å². The number of pyridine rings is 1. The molecule has 1 aliphatic rings. The van der Waals surface area contributed by atoms with Crippen LogP contribution < -0.4 is 15.0 Å². The maximum absolute atomic E-state index is 14.3. The molecule has 0 unspecified atom stereocenters. The van der Waals surface area contributed by atoms with Gasteiger partial charge in [-0.05, 0) is 35.9 Å². The van der Waals surface area contributed by atoms with E-state index in [4.69, 9.17) is 9.47 Å². The van der Waals surface area contributed by atoms with Gasteiger partial charge in [-0.1, -0.05) is 12.1 Å². The van der Waals surface area contributed by atoms with E-state index in [9.17, 15) is 8.78 Å². The summed E-state index contributed by atoms with van der Waals surface area (Å²) in [6.45, 7) is 1.76. The van der Waals surface area contributed by atoms with Gasteiger partial charge in [-0.2, -0.15) is 5.10 Å². The highest BCUT2D eigenvalue weighted by molar-refractivity contribution is 5.67. The van der Waals surface area contributed by atoms with Crippen LogP contribution in [0.1, 0.15) is 0 Å². The Bertz CT molecular complexity index is 965. The lowest BCUT2D eigenvalue weighted by Crippen LogP contribution is -2.36. The molecule has 3 aromatic rings. The van der Waals surface area contributed by atoms with Crippen LogP contribution in [0.15, 0.2) is 48.7 Å². The van der Waals surface area contributed by atoms with Gasteiger partial charge in [0.05, 0.1) is 19.4 Å². The van der Waals surface area contributed by atoms with Gasteiger partial charge in [-0.25, -0.2) is 13.8 Å². The summed E-state index contributed by atoms with van der Waals surface area (Å²) in [5.74, 6) is 1.05. The van der Waals surface area contributed by atoms with E-state index in [0.29, 0.717) is 43.7 Å². The number of hydrogen-bond donors (Lipinski definition) is 1. The number of rotatable bonds is 6. The van der Waals surface area contributed by atoms with Crippen molar-refractivity contribution in [2.75, 3.05) is 43.4 Å². The van der Waals surface area contributed by atoms with E-state index in [1.807, 2.05) is 4.90 Å². The third-order valence-corrected chi connectivity index (χ3v) is 4.48. The van der Waals surface area contributed by atoms with Crippen LogP contribution in [0.5, 0.6) is 5.75 Å². The Labute approximate surface area is 166 Å². The van der Waals surface area contributed by atoms with Crippen LogP contribution in [0.4, 0.5) is 26.2 Å². The van der Waals surface area contributed by atoms with Gasteiger partial charge >= 0.3 is 0 Å². The van der Waals surface area contributed by atoms with Gasteiger partial charge in [-0.3, -0.25) is 0 Å². The Morgan fingerprint density at radius 3 is 2.62 bits per heavy atom. The first-order valence-electron chi connectivity index (χ1n) is 9.11. The molecule has 9 heteroatoms. The highest BCUT2D eigenvalue weighted by atomic mass is 19.1. The van der Waals surface area contributed by atoms with Gasteiger partial charge < -0.3 is 19.7 Å². The summed E-state index contributed by atoms with van der Waals surface area (Å²) in [5.41, 5.74) is 1.60. The van der Waals surface area contributed by atoms with E-state index >= 15 is 0 Å². The van der Waals surface area contributed by atoms with Gasteiger partial charge in [0.25, 0.3) is 0 Å². The standard InChI is InChI=1S/C20H19F2N5O2/c21-13-29-16-3-1-14(2-4-16)15-11-18(26-23-12-15)24-20-17(22)5-6-19(25-20)27-7-9-28-10-8-27/h1-6,11-12H,7-10,13H2,(H,24,25,26). The van der Waals surface area contributed by atoms with Crippen molar-refractivity contribution in [2.24, 2.45) is 0 Å². The van der Waals surface area contributed by atoms with Gasteiger partial charge in [-0.15, -0.1) is 5.10 Å². The van der Waals surface area contributed by atoms with Crippen molar-refractivity contribution < 1.29 is 18.3 Å². The summed E-state index contributed by atoms with van der Waals surface area (Å²) >= 11 is 0. The monoisotopic (exact) mass is 399 g/mol. The highest BCUT2D eigenvalue weighted by Gasteiger charge is 2.15. The molecule has 0 atom stereocenters. The molecular weight excluding hydrogens is 380 g/mol. The summed E-state index contributed by atoms with van der Waals surface area (Å²) in [4.78, 5) is 6.43. The number of halogens is 2. The quantitative estimate of drug-likeness (QED) is 0.679. The van der Waals surface area contributed by atoms with E-state index in [1.54, 1.807) is 42.6 Å². The molecule has 1 N–H and O–H groups in total. The van der Waals surface area contributed by atoms with Crippen LogP contribution >= 0.6 is 0 Å². The molecule has 0 amide bonds. The second kappa shape index (κ2) is 8.78. The third kappa shape index (κ3) is 4.57. The first-order chi connectivity index (χ1) is 14.2. The molecule has 3 heterocycles. The number of benzene rings is 1. The van der Waals surface area contributed by atoms with Crippen molar-refractivity contribution in [3.63, 3.8) is 0 Å². The van der Waals surface area contributed by atoms with Crippen molar-refractivity contribution >= 4 is 17.5 Å². The van der Waals surface area contributed by atoms with Gasteiger partial charge in [0, 0.05) is 18.7 Å². The Kier molecular flexibility index (Phi) is 5.76. The molecule has 1 aromatic carbocycles. The fraction of sp³-hybridized carbons (Fsp3) is 0.250. The van der Waals surface area contributed by atoms with Crippen molar-refractivity contribution in [1.29, 1.82) is 0 Å². The molecule has 1 aliphatic heterocycles. The zero-order valence-corrected chi connectivity index (χ0v) is 15.5. The number of nitrogens with one attached hydrogen (secondary N) is 1. The minimum absolute atomic E-state index is 0.0761. The number of hydrogen-bond acceptors (Lipinski definition) is 7. The van der Waals surface area contributed by atoms with Gasteiger partial charge in [0.2, 0.25) is 6.86 Å². The maximum atomic E-state index is 14.3. The maximum Gasteiger partial charge on any atom is 0.228 e. The third-order valence-electron chi connectivity index (χ3n) is 4.48. The number of nitrogens with zero attached hydrogens (tertiary/aromatic N) is 4. The number of ether oxygens (including phenoxy) is 2. The predicted molar refractivity (Wildman–Crippen MR) is 105 cm³/mol. The molecule has 150 valence electrons.